The van der Waals surface area contributed by atoms with E-state index in [1.807, 2.05) is 19.1 Å². The second-order valence-corrected chi connectivity index (χ2v) is 9.13. The highest BCUT2D eigenvalue weighted by molar-refractivity contribution is 7.89. The van der Waals surface area contributed by atoms with Gasteiger partial charge in [0, 0.05) is 19.1 Å². The first-order valence-electron chi connectivity index (χ1n) is 8.84. The number of sulfonamides is 1. The van der Waals surface area contributed by atoms with E-state index in [9.17, 15) is 8.42 Å². The molecule has 0 amide bonds. The average molecular weight is 337 g/mol. The standard InChI is InChI=1S/C18H28N2O2S/c1-14-13-20(12-11-18(14)19)23(21,22)17-9-7-16(8-10-17)15-5-3-2-4-6-15/h7-10,14-15,18H,2-6,11-13,19H2,1H3. The van der Waals surface area contributed by atoms with Gasteiger partial charge in [-0.3, -0.25) is 0 Å². The molecule has 3 rings (SSSR count). The molecule has 5 heteroatoms. The summed E-state index contributed by atoms with van der Waals surface area (Å²) in [5.41, 5.74) is 7.29. The van der Waals surface area contributed by atoms with Crippen LogP contribution in [-0.2, 0) is 10.0 Å². The number of nitrogens with zero attached hydrogens (tertiary/aromatic N) is 1. The van der Waals surface area contributed by atoms with E-state index >= 15 is 0 Å². The summed E-state index contributed by atoms with van der Waals surface area (Å²) in [6.45, 7) is 3.07. The lowest BCUT2D eigenvalue weighted by Gasteiger charge is -2.34. The van der Waals surface area contributed by atoms with Crippen molar-refractivity contribution in [1.82, 2.24) is 4.31 Å². The molecule has 1 heterocycles. The third-order valence-electron chi connectivity index (χ3n) is 5.53. The van der Waals surface area contributed by atoms with Crippen LogP contribution >= 0.6 is 0 Å². The molecule has 2 atom stereocenters. The number of rotatable bonds is 3. The number of benzene rings is 1. The Kier molecular flexibility index (Phi) is 5.09. The molecule has 4 nitrogen and oxygen atoms in total. The summed E-state index contributed by atoms with van der Waals surface area (Å²) in [7, 11) is -3.39. The number of nitrogens with two attached hydrogens (primary N) is 1. The maximum Gasteiger partial charge on any atom is 0.243 e. The van der Waals surface area contributed by atoms with E-state index in [0.29, 0.717) is 23.9 Å². The first-order valence-corrected chi connectivity index (χ1v) is 10.3. The zero-order valence-electron chi connectivity index (χ0n) is 13.9. The zero-order chi connectivity index (χ0) is 16.4. The molecular formula is C18H28N2O2S. The van der Waals surface area contributed by atoms with Gasteiger partial charge in [0.2, 0.25) is 10.0 Å². The fraction of sp³-hybridized carbons (Fsp3) is 0.667. The van der Waals surface area contributed by atoms with Crippen LogP contribution < -0.4 is 5.73 Å². The molecule has 1 saturated heterocycles. The van der Waals surface area contributed by atoms with Gasteiger partial charge in [0.25, 0.3) is 0 Å². The highest BCUT2D eigenvalue weighted by Crippen LogP contribution is 2.33. The van der Waals surface area contributed by atoms with E-state index in [1.54, 1.807) is 16.4 Å². The molecule has 2 unspecified atom stereocenters. The molecule has 2 N–H and O–H groups in total. The molecule has 23 heavy (non-hydrogen) atoms. The highest BCUT2D eigenvalue weighted by atomic mass is 32.2. The second kappa shape index (κ2) is 6.91. The summed E-state index contributed by atoms with van der Waals surface area (Å²) in [5, 5.41) is 0. The van der Waals surface area contributed by atoms with E-state index in [2.05, 4.69) is 0 Å². The molecule has 1 aromatic rings. The minimum Gasteiger partial charge on any atom is -0.327 e. The van der Waals surface area contributed by atoms with Crippen LogP contribution in [0.5, 0.6) is 0 Å². The van der Waals surface area contributed by atoms with Gasteiger partial charge in [0.15, 0.2) is 0 Å². The van der Waals surface area contributed by atoms with Crippen molar-refractivity contribution in [2.24, 2.45) is 11.7 Å². The Morgan fingerprint density at radius 1 is 1.04 bits per heavy atom. The van der Waals surface area contributed by atoms with Crippen LogP contribution in [0.25, 0.3) is 0 Å². The largest absolute Gasteiger partial charge is 0.327 e. The molecule has 1 aliphatic heterocycles. The fourth-order valence-corrected chi connectivity index (χ4v) is 5.40. The van der Waals surface area contributed by atoms with Crippen LogP contribution in [0.4, 0.5) is 0 Å². The van der Waals surface area contributed by atoms with Crippen LogP contribution in [0, 0.1) is 5.92 Å². The van der Waals surface area contributed by atoms with E-state index in [1.165, 1.54) is 37.7 Å². The van der Waals surface area contributed by atoms with Crippen molar-refractivity contribution < 1.29 is 8.42 Å². The predicted molar refractivity (Wildman–Crippen MR) is 92.8 cm³/mol. The minimum atomic E-state index is -3.39. The van der Waals surface area contributed by atoms with Gasteiger partial charge in [-0.1, -0.05) is 38.3 Å². The third-order valence-corrected chi connectivity index (χ3v) is 7.41. The normalized spacial score (nSPS) is 27.9. The van der Waals surface area contributed by atoms with Gasteiger partial charge < -0.3 is 5.73 Å². The Hall–Kier alpha value is -0.910. The molecule has 2 fully saturated rings. The van der Waals surface area contributed by atoms with Gasteiger partial charge in [-0.05, 0) is 48.8 Å². The van der Waals surface area contributed by atoms with Crippen molar-refractivity contribution in [3.05, 3.63) is 29.8 Å². The summed E-state index contributed by atoms with van der Waals surface area (Å²) in [5.74, 6) is 0.813. The lowest BCUT2D eigenvalue weighted by Crippen LogP contribution is -2.48. The summed E-state index contributed by atoms with van der Waals surface area (Å²) in [6.07, 6.45) is 7.10. The van der Waals surface area contributed by atoms with Gasteiger partial charge in [-0.25, -0.2) is 8.42 Å². The molecule has 0 spiro atoms. The molecular weight excluding hydrogens is 308 g/mol. The lowest BCUT2D eigenvalue weighted by atomic mass is 9.84. The van der Waals surface area contributed by atoms with Crippen molar-refractivity contribution in [3.8, 4) is 0 Å². The van der Waals surface area contributed by atoms with Gasteiger partial charge in [-0.15, -0.1) is 0 Å². The average Bonchev–Trinajstić information content (AvgIpc) is 2.58. The van der Waals surface area contributed by atoms with Gasteiger partial charge in [-0.2, -0.15) is 4.31 Å². The summed E-state index contributed by atoms with van der Waals surface area (Å²) >= 11 is 0. The topological polar surface area (TPSA) is 63.4 Å². The van der Waals surface area contributed by atoms with Crippen molar-refractivity contribution in [3.63, 3.8) is 0 Å². The maximum absolute atomic E-state index is 12.8. The molecule has 0 aromatic heterocycles. The SMILES string of the molecule is CC1CN(S(=O)(=O)c2ccc(C3CCCCC3)cc2)CCC1N. The van der Waals surface area contributed by atoms with Crippen molar-refractivity contribution >= 4 is 10.0 Å². The Morgan fingerprint density at radius 3 is 2.30 bits per heavy atom. The predicted octanol–water partition coefficient (Wildman–Crippen LogP) is 3.09. The van der Waals surface area contributed by atoms with Crippen LogP contribution in [0.3, 0.4) is 0 Å². The van der Waals surface area contributed by atoms with Crippen molar-refractivity contribution in [2.45, 2.75) is 62.3 Å². The van der Waals surface area contributed by atoms with E-state index < -0.39 is 10.0 Å². The fourth-order valence-electron chi connectivity index (χ4n) is 3.84. The van der Waals surface area contributed by atoms with Gasteiger partial charge in [0.05, 0.1) is 4.90 Å². The first kappa shape index (κ1) is 16.9. The second-order valence-electron chi connectivity index (χ2n) is 7.20. The quantitative estimate of drug-likeness (QED) is 0.922. The zero-order valence-corrected chi connectivity index (χ0v) is 14.8. The molecule has 0 radical (unpaired) electrons. The number of piperidine rings is 1. The molecule has 2 aliphatic rings. The summed E-state index contributed by atoms with van der Waals surface area (Å²) < 4.78 is 27.2. The van der Waals surface area contributed by atoms with Crippen molar-refractivity contribution in [1.29, 1.82) is 0 Å². The molecule has 0 bridgehead atoms. The van der Waals surface area contributed by atoms with Crippen LogP contribution in [0.2, 0.25) is 0 Å². The number of hydrogen-bond acceptors (Lipinski definition) is 3. The van der Waals surface area contributed by atoms with E-state index in [0.717, 1.165) is 6.42 Å². The smallest absolute Gasteiger partial charge is 0.243 e. The third kappa shape index (κ3) is 3.62. The lowest BCUT2D eigenvalue weighted by molar-refractivity contribution is 0.250. The van der Waals surface area contributed by atoms with E-state index in [-0.39, 0.29) is 12.0 Å². The Balaban J connectivity index is 1.75. The molecule has 1 aliphatic carbocycles. The van der Waals surface area contributed by atoms with Crippen molar-refractivity contribution in [2.75, 3.05) is 13.1 Å². The Bertz CT molecular complexity index is 621. The van der Waals surface area contributed by atoms with Crippen LogP contribution in [-0.4, -0.2) is 31.9 Å². The van der Waals surface area contributed by atoms with Crippen LogP contribution in [0.1, 0.15) is 56.9 Å². The maximum atomic E-state index is 12.8. The molecule has 128 valence electrons. The van der Waals surface area contributed by atoms with E-state index in [4.69, 9.17) is 5.73 Å². The molecule has 1 saturated carbocycles. The Morgan fingerprint density at radius 2 is 1.70 bits per heavy atom. The van der Waals surface area contributed by atoms with Gasteiger partial charge >= 0.3 is 0 Å². The molecule has 1 aromatic carbocycles. The Labute approximate surface area is 140 Å². The first-order chi connectivity index (χ1) is 11.0. The summed E-state index contributed by atoms with van der Waals surface area (Å²) in [6, 6.07) is 7.72. The van der Waals surface area contributed by atoms with Crippen LogP contribution in [0.15, 0.2) is 29.2 Å². The number of hydrogen-bond donors (Lipinski definition) is 1. The van der Waals surface area contributed by atoms with Gasteiger partial charge in [0.1, 0.15) is 0 Å². The highest BCUT2D eigenvalue weighted by Gasteiger charge is 2.32. The summed E-state index contributed by atoms with van der Waals surface area (Å²) in [4.78, 5) is 0.416. The minimum absolute atomic E-state index is 0.107. The monoisotopic (exact) mass is 336 g/mol.